The highest BCUT2D eigenvalue weighted by Crippen LogP contribution is 2.26. The second-order valence-corrected chi connectivity index (χ2v) is 7.30. The summed E-state index contributed by atoms with van der Waals surface area (Å²) in [7, 11) is 2.19. The standard InChI is InChI=1S/C16H26N6S/c1-3-4-7-15(21-10-8-20(2)9-11-21)16-17-18-19-22(16)13-14-6-5-12-23-14/h5-6,12,15H,3-4,7-11,13H2,1-2H3/t15-/m1/s1. The predicted octanol–water partition coefficient (Wildman–Crippen LogP) is 2.26. The maximum Gasteiger partial charge on any atom is 0.168 e. The number of likely N-dealkylation sites (N-methyl/N-ethyl adjacent to an activating group) is 1. The molecule has 7 heteroatoms. The van der Waals surface area contributed by atoms with Crippen LogP contribution in [-0.2, 0) is 6.54 Å². The second-order valence-electron chi connectivity index (χ2n) is 6.27. The molecule has 1 atom stereocenters. The molecule has 126 valence electrons. The molecule has 0 amide bonds. The van der Waals surface area contributed by atoms with Gasteiger partial charge in [0, 0.05) is 31.1 Å². The lowest BCUT2D eigenvalue weighted by Gasteiger charge is -2.37. The van der Waals surface area contributed by atoms with Crippen molar-refractivity contribution in [1.29, 1.82) is 0 Å². The van der Waals surface area contributed by atoms with Gasteiger partial charge in [0.15, 0.2) is 5.82 Å². The van der Waals surface area contributed by atoms with Crippen LogP contribution in [-0.4, -0.2) is 63.2 Å². The summed E-state index contributed by atoms with van der Waals surface area (Å²) in [5.74, 6) is 1.02. The van der Waals surface area contributed by atoms with E-state index in [-0.39, 0.29) is 0 Å². The van der Waals surface area contributed by atoms with Crippen LogP contribution in [0.1, 0.15) is 42.9 Å². The number of tetrazole rings is 1. The van der Waals surface area contributed by atoms with Gasteiger partial charge in [-0.05, 0) is 35.3 Å². The van der Waals surface area contributed by atoms with Gasteiger partial charge >= 0.3 is 0 Å². The van der Waals surface area contributed by atoms with Gasteiger partial charge in [-0.3, -0.25) is 4.90 Å². The highest BCUT2D eigenvalue weighted by molar-refractivity contribution is 7.09. The smallest absolute Gasteiger partial charge is 0.168 e. The molecule has 0 unspecified atom stereocenters. The average molecular weight is 334 g/mol. The molecule has 1 aliphatic rings. The van der Waals surface area contributed by atoms with E-state index in [2.05, 4.69) is 56.8 Å². The molecule has 2 aromatic heterocycles. The zero-order valence-electron chi connectivity index (χ0n) is 14.1. The van der Waals surface area contributed by atoms with Crippen molar-refractivity contribution in [1.82, 2.24) is 30.0 Å². The third kappa shape index (κ3) is 4.16. The third-order valence-corrected chi connectivity index (χ3v) is 5.41. The predicted molar refractivity (Wildman–Crippen MR) is 92.6 cm³/mol. The first-order valence-electron chi connectivity index (χ1n) is 8.49. The number of hydrogen-bond donors (Lipinski definition) is 0. The molecular weight excluding hydrogens is 308 g/mol. The van der Waals surface area contributed by atoms with Crippen molar-refractivity contribution in [2.75, 3.05) is 33.2 Å². The largest absolute Gasteiger partial charge is 0.304 e. The fourth-order valence-electron chi connectivity index (χ4n) is 3.12. The summed E-state index contributed by atoms with van der Waals surface area (Å²) in [5.41, 5.74) is 0. The van der Waals surface area contributed by atoms with Gasteiger partial charge in [0.05, 0.1) is 12.6 Å². The molecule has 0 saturated carbocycles. The van der Waals surface area contributed by atoms with Gasteiger partial charge in [0.1, 0.15) is 0 Å². The summed E-state index contributed by atoms with van der Waals surface area (Å²) in [6.07, 6.45) is 3.55. The number of nitrogens with zero attached hydrogens (tertiary/aromatic N) is 6. The summed E-state index contributed by atoms with van der Waals surface area (Å²) < 4.78 is 1.99. The topological polar surface area (TPSA) is 50.1 Å². The molecule has 0 spiro atoms. The van der Waals surface area contributed by atoms with Gasteiger partial charge in [-0.25, -0.2) is 4.68 Å². The van der Waals surface area contributed by atoms with Crippen LogP contribution in [0, 0.1) is 0 Å². The summed E-state index contributed by atoms with van der Waals surface area (Å²) in [4.78, 5) is 6.25. The maximum atomic E-state index is 4.40. The van der Waals surface area contributed by atoms with Gasteiger partial charge in [0.25, 0.3) is 0 Å². The van der Waals surface area contributed by atoms with E-state index in [4.69, 9.17) is 0 Å². The lowest BCUT2D eigenvalue weighted by molar-refractivity contribution is 0.0988. The Bertz CT molecular complexity index is 573. The monoisotopic (exact) mass is 334 g/mol. The fraction of sp³-hybridized carbons (Fsp3) is 0.688. The zero-order valence-corrected chi connectivity index (χ0v) is 14.9. The summed E-state index contributed by atoms with van der Waals surface area (Å²) in [6.45, 7) is 7.45. The Balaban J connectivity index is 1.77. The van der Waals surface area contributed by atoms with E-state index < -0.39 is 0 Å². The van der Waals surface area contributed by atoms with Crippen molar-refractivity contribution in [3.05, 3.63) is 28.2 Å². The lowest BCUT2D eigenvalue weighted by Crippen LogP contribution is -2.46. The molecule has 3 heterocycles. The van der Waals surface area contributed by atoms with Crippen LogP contribution in [0.3, 0.4) is 0 Å². The first kappa shape index (κ1) is 16.5. The molecule has 1 aliphatic heterocycles. The quantitative estimate of drug-likeness (QED) is 0.777. The molecule has 2 aromatic rings. The van der Waals surface area contributed by atoms with Crippen LogP contribution in [0.15, 0.2) is 17.5 Å². The molecule has 1 fully saturated rings. The van der Waals surface area contributed by atoms with Crippen LogP contribution >= 0.6 is 11.3 Å². The SMILES string of the molecule is CCCC[C@H](c1nnnn1Cc1cccs1)N1CCN(C)CC1. The van der Waals surface area contributed by atoms with Gasteiger partial charge in [-0.2, -0.15) is 0 Å². The first-order chi connectivity index (χ1) is 11.3. The molecule has 0 bridgehead atoms. The molecule has 0 radical (unpaired) electrons. The van der Waals surface area contributed by atoms with Crippen molar-refractivity contribution in [3.63, 3.8) is 0 Å². The van der Waals surface area contributed by atoms with Crippen molar-refractivity contribution in [2.45, 2.75) is 38.8 Å². The Morgan fingerprint density at radius 2 is 2.09 bits per heavy atom. The van der Waals surface area contributed by atoms with E-state index in [1.54, 1.807) is 11.3 Å². The first-order valence-corrected chi connectivity index (χ1v) is 9.37. The Labute approximate surface area is 142 Å². The van der Waals surface area contributed by atoms with Gasteiger partial charge < -0.3 is 4.90 Å². The summed E-state index contributed by atoms with van der Waals surface area (Å²) in [5, 5.41) is 14.7. The van der Waals surface area contributed by atoms with E-state index in [0.29, 0.717) is 6.04 Å². The van der Waals surface area contributed by atoms with Crippen molar-refractivity contribution in [3.8, 4) is 0 Å². The van der Waals surface area contributed by atoms with Gasteiger partial charge in [0.2, 0.25) is 0 Å². The molecular formula is C16H26N6S. The minimum absolute atomic E-state index is 0.332. The Morgan fingerprint density at radius 1 is 1.26 bits per heavy atom. The third-order valence-electron chi connectivity index (χ3n) is 4.55. The Hall–Kier alpha value is -1.31. The lowest BCUT2D eigenvalue weighted by atomic mass is 10.1. The molecule has 0 aliphatic carbocycles. The van der Waals surface area contributed by atoms with E-state index in [0.717, 1.165) is 45.0 Å². The molecule has 23 heavy (non-hydrogen) atoms. The van der Waals surface area contributed by atoms with Crippen molar-refractivity contribution in [2.24, 2.45) is 0 Å². The highest BCUT2D eigenvalue weighted by atomic mass is 32.1. The van der Waals surface area contributed by atoms with Crippen LogP contribution in [0.2, 0.25) is 0 Å². The van der Waals surface area contributed by atoms with Crippen LogP contribution in [0.5, 0.6) is 0 Å². The molecule has 1 saturated heterocycles. The average Bonchev–Trinajstić information content (AvgIpc) is 3.22. The normalized spacial score (nSPS) is 18.3. The minimum atomic E-state index is 0.332. The molecule has 3 rings (SSSR count). The number of hydrogen-bond acceptors (Lipinski definition) is 6. The number of rotatable bonds is 7. The summed E-state index contributed by atoms with van der Waals surface area (Å²) in [6, 6.07) is 4.56. The van der Waals surface area contributed by atoms with Crippen LogP contribution in [0.25, 0.3) is 0 Å². The highest BCUT2D eigenvalue weighted by Gasteiger charge is 2.27. The van der Waals surface area contributed by atoms with E-state index in [1.165, 1.54) is 17.7 Å². The van der Waals surface area contributed by atoms with E-state index >= 15 is 0 Å². The zero-order chi connectivity index (χ0) is 16.1. The minimum Gasteiger partial charge on any atom is -0.304 e. The van der Waals surface area contributed by atoms with Gasteiger partial charge in [-0.1, -0.05) is 25.8 Å². The fourth-order valence-corrected chi connectivity index (χ4v) is 3.80. The van der Waals surface area contributed by atoms with Crippen molar-refractivity contribution < 1.29 is 0 Å². The number of piperazine rings is 1. The second kappa shape index (κ2) is 7.99. The number of unbranched alkanes of at least 4 members (excludes halogenated alkanes) is 1. The van der Waals surface area contributed by atoms with E-state index in [9.17, 15) is 0 Å². The van der Waals surface area contributed by atoms with E-state index in [1.807, 2.05) is 4.68 Å². The summed E-state index contributed by atoms with van der Waals surface area (Å²) >= 11 is 1.76. The van der Waals surface area contributed by atoms with Crippen LogP contribution in [0.4, 0.5) is 0 Å². The Kier molecular flexibility index (Phi) is 5.75. The Morgan fingerprint density at radius 3 is 2.78 bits per heavy atom. The number of thiophene rings is 1. The maximum absolute atomic E-state index is 4.40. The van der Waals surface area contributed by atoms with Gasteiger partial charge in [-0.15, -0.1) is 16.4 Å². The molecule has 0 aromatic carbocycles. The molecule has 0 N–H and O–H groups in total. The van der Waals surface area contributed by atoms with Crippen LogP contribution < -0.4 is 0 Å². The molecule has 6 nitrogen and oxygen atoms in total. The number of aromatic nitrogens is 4. The van der Waals surface area contributed by atoms with Crippen molar-refractivity contribution >= 4 is 11.3 Å².